The number of hydrogen-bond donors (Lipinski definition) is 2. The van der Waals surface area contributed by atoms with Gasteiger partial charge in [-0.15, -0.1) is 11.3 Å². The molecule has 0 saturated carbocycles. The van der Waals surface area contributed by atoms with Crippen LogP contribution in [0.15, 0.2) is 36.7 Å². The quantitative estimate of drug-likeness (QED) is 0.717. The lowest BCUT2D eigenvalue weighted by molar-refractivity contribution is 1.11. The molecular formula is C14H14N4S. The van der Waals surface area contributed by atoms with E-state index >= 15 is 0 Å². The van der Waals surface area contributed by atoms with Crippen LogP contribution in [0.5, 0.6) is 0 Å². The van der Waals surface area contributed by atoms with Crippen LogP contribution < -0.4 is 11.1 Å². The third kappa shape index (κ3) is 2.51. The predicted molar refractivity (Wildman–Crippen MR) is 80.3 cm³/mol. The van der Waals surface area contributed by atoms with Crippen molar-refractivity contribution in [2.24, 2.45) is 0 Å². The first-order chi connectivity index (χ1) is 9.22. The van der Waals surface area contributed by atoms with E-state index in [0.717, 1.165) is 28.3 Å². The topological polar surface area (TPSA) is 63.8 Å². The van der Waals surface area contributed by atoms with Crippen molar-refractivity contribution in [3.05, 3.63) is 47.1 Å². The molecule has 0 radical (unpaired) electrons. The van der Waals surface area contributed by atoms with Crippen molar-refractivity contribution in [2.45, 2.75) is 13.5 Å². The second-order valence-corrected chi connectivity index (χ2v) is 5.63. The molecule has 0 aliphatic heterocycles. The monoisotopic (exact) mass is 270 g/mol. The summed E-state index contributed by atoms with van der Waals surface area (Å²) in [5, 5.41) is 4.44. The van der Waals surface area contributed by atoms with Gasteiger partial charge in [0.05, 0.1) is 5.39 Å². The number of nitrogens with two attached hydrogens (primary N) is 1. The van der Waals surface area contributed by atoms with Gasteiger partial charge in [0, 0.05) is 17.1 Å². The van der Waals surface area contributed by atoms with Crippen LogP contribution >= 0.6 is 11.3 Å². The predicted octanol–water partition coefficient (Wildman–Crippen LogP) is 3.19. The van der Waals surface area contributed by atoms with Gasteiger partial charge in [0.15, 0.2) is 0 Å². The first kappa shape index (κ1) is 11.9. The zero-order valence-electron chi connectivity index (χ0n) is 10.6. The van der Waals surface area contributed by atoms with Crippen LogP contribution in [0.3, 0.4) is 0 Å². The summed E-state index contributed by atoms with van der Waals surface area (Å²) in [6.45, 7) is 2.80. The summed E-state index contributed by atoms with van der Waals surface area (Å²) < 4.78 is 0. The summed E-state index contributed by atoms with van der Waals surface area (Å²) in [4.78, 5) is 10.9. The highest BCUT2D eigenvalue weighted by atomic mass is 32.1. The zero-order chi connectivity index (χ0) is 13.2. The van der Waals surface area contributed by atoms with Crippen LogP contribution in [-0.4, -0.2) is 9.97 Å². The smallest absolute Gasteiger partial charge is 0.138 e. The lowest BCUT2D eigenvalue weighted by Gasteiger charge is -2.06. The Hall–Kier alpha value is -2.14. The van der Waals surface area contributed by atoms with Crippen molar-refractivity contribution in [1.82, 2.24) is 9.97 Å². The number of nitrogen functional groups attached to an aromatic ring is 1. The number of fused-ring (bicyclic) bond motifs is 1. The third-order valence-corrected chi connectivity index (χ3v) is 3.85. The highest BCUT2D eigenvalue weighted by Crippen LogP contribution is 2.27. The molecule has 2 aromatic heterocycles. The van der Waals surface area contributed by atoms with Crippen molar-refractivity contribution < 1.29 is 0 Å². The third-order valence-electron chi connectivity index (χ3n) is 2.89. The minimum Gasteiger partial charge on any atom is -0.399 e. The fourth-order valence-corrected chi connectivity index (χ4v) is 2.79. The van der Waals surface area contributed by atoms with Gasteiger partial charge < -0.3 is 11.1 Å². The first-order valence-corrected chi connectivity index (χ1v) is 6.83. The Morgan fingerprint density at radius 1 is 1.21 bits per heavy atom. The second-order valence-electron chi connectivity index (χ2n) is 4.39. The van der Waals surface area contributed by atoms with E-state index in [0.29, 0.717) is 0 Å². The van der Waals surface area contributed by atoms with Crippen molar-refractivity contribution in [2.75, 3.05) is 11.1 Å². The Balaban J connectivity index is 1.83. The number of rotatable bonds is 3. The molecule has 3 rings (SSSR count). The van der Waals surface area contributed by atoms with E-state index in [1.807, 2.05) is 24.3 Å². The summed E-state index contributed by atoms with van der Waals surface area (Å²) in [7, 11) is 0. The Kier molecular flexibility index (Phi) is 3.05. The molecule has 0 spiro atoms. The first-order valence-electron chi connectivity index (χ1n) is 6.02. The van der Waals surface area contributed by atoms with Gasteiger partial charge in [-0.25, -0.2) is 9.97 Å². The van der Waals surface area contributed by atoms with Gasteiger partial charge in [-0.05, 0) is 30.7 Å². The maximum Gasteiger partial charge on any atom is 0.138 e. The Bertz CT molecular complexity index is 703. The minimum atomic E-state index is 0.723. The van der Waals surface area contributed by atoms with Crippen molar-refractivity contribution in [1.29, 1.82) is 0 Å². The fourth-order valence-electron chi connectivity index (χ4n) is 1.94. The molecule has 2 heterocycles. The molecule has 0 atom stereocenters. The van der Waals surface area contributed by atoms with Gasteiger partial charge in [-0.2, -0.15) is 0 Å². The molecule has 5 heteroatoms. The van der Waals surface area contributed by atoms with Gasteiger partial charge in [-0.1, -0.05) is 12.1 Å². The Morgan fingerprint density at radius 3 is 2.79 bits per heavy atom. The van der Waals surface area contributed by atoms with Crippen LogP contribution in [0.4, 0.5) is 11.5 Å². The minimum absolute atomic E-state index is 0.723. The molecule has 1 aromatic carbocycles. The number of nitrogens with one attached hydrogen (secondary N) is 1. The lowest BCUT2D eigenvalue weighted by atomic mass is 10.2. The van der Waals surface area contributed by atoms with Crippen molar-refractivity contribution in [3.8, 4) is 0 Å². The van der Waals surface area contributed by atoms with E-state index in [1.54, 1.807) is 17.7 Å². The molecule has 0 aliphatic rings. The molecule has 3 aromatic rings. The number of thiophene rings is 1. The number of hydrogen-bond acceptors (Lipinski definition) is 5. The summed E-state index contributed by atoms with van der Waals surface area (Å²) >= 11 is 1.68. The van der Waals surface area contributed by atoms with Gasteiger partial charge in [0.1, 0.15) is 17.0 Å². The van der Waals surface area contributed by atoms with Crippen molar-refractivity contribution in [3.63, 3.8) is 0 Å². The van der Waals surface area contributed by atoms with Crippen LogP contribution in [0, 0.1) is 6.92 Å². The van der Waals surface area contributed by atoms with Crippen LogP contribution in [-0.2, 0) is 6.54 Å². The van der Waals surface area contributed by atoms with Crippen molar-refractivity contribution >= 4 is 33.1 Å². The molecular weight excluding hydrogens is 256 g/mol. The van der Waals surface area contributed by atoms with Crippen LogP contribution in [0.25, 0.3) is 10.2 Å². The van der Waals surface area contributed by atoms with E-state index in [2.05, 4.69) is 28.3 Å². The Labute approximate surface area is 115 Å². The Morgan fingerprint density at radius 2 is 2.00 bits per heavy atom. The number of aromatic nitrogens is 2. The molecule has 0 bridgehead atoms. The molecule has 0 fully saturated rings. The molecule has 0 unspecified atom stereocenters. The summed E-state index contributed by atoms with van der Waals surface area (Å²) in [6.07, 6.45) is 1.60. The normalized spacial score (nSPS) is 10.8. The molecule has 96 valence electrons. The molecule has 0 aliphatic carbocycles. The molecule has 3 N–H and O–H groups in total. The van der Waals surface area contributed by atoms with Gasteiger partial charge in [0.25, 0.3) is 0 Å². The summed E-state index contributed by atoms with van der Waals surface area (Å²) in [5.41, 5.74) is 7.62. The number of benzene rings is 1. The standard InChI is InChI=1S/C14H14N4S/c1-9-6-12-13(17-8-18-14(12)19-9)16-7-10-2-4-11(15)5-3-10/h2-6,8H,7,15H2,1H3,(H,16,17,18). The van der Waals surface area contributed by atoms with Crippen LogP contribution in [0.1, 0.15) is 10.4 Å². The zero-order valence-corrected chi connectivity index (χ0v) is 11.4. The summed E-state index contributed by atoms with van der Waals surface area (Å²) in [6, 6.07) is 9.95. The van der Waals surface area contributed by atoms with Gasteiger partial charge in [-0.3, -0.25) is 0 Å². The number of anilines is 2. The highest BCUT2D eigenvalue weighted by Gasteiger charge is 2.06. The highest BCUT2D eigenvalue weighted by molar-refractivity contribution is 7.18. The maximum absolute atomic E-state index is 5.67. The maximum atomic E-state index is 5.67. The molecule has 0 saturated heterocycles. The lowest BCUT2D eigenvalue weighted by Crippen LogP contribution is -2.02. The van der Waals surface area contributed by atoms with Gasteiger partial charge in [0.2, 0.25) is 0 Å². The van der Waals surface area contributed by atoms with E-state index in [4.69, 9.17) is 5.73 Å². The average molecular weight is 270 g/mol. The largest absolute Gasteiger partial charge is 0.399 e. The van der Waals surface area contributed by atoms with E-state index in [9.17, 15) is 0 Å². The second kappa shape index (κ2) is 4.85. The van der Waals surface area contributed by atoms with Gasteiger partial charge >= 0.3 is 0 Å². The van der Waals surface area contributed by atoms with E-state index in [1.165, 1.54) is 10.4 Å². The summed E-state index contributed by atoms with van der Waals surface area (Å²) in [5.74, 6) is 0.881. The fraction of sp³-hybridized carbons (Fsp3) is 0.143. The molecule has 0 amide bonds. The average Bonchev–Trinajstić information content (AvgIpc) is 2.79. The van der Waals surface area contributed by atoms with E-state index < -0.39 is 0 Å². The molecule has 19 heavy (non-hydrogen) atoms. The van der Waals surface area contributed by atoms with E-state index in [-0.39, 0.29) is 0 Å². The number of aryl methyl sites for hydroxylation is 1. The van der Waals surface area contributed by atoms with Crippen LogP contribution in [0.2, 0.25) is 0 Å². The number of nitrogens with zero attached hydrogens (tertiary/aromatic N) is 2. The molecule has 4 nitrogen and oxygen atoms in total. The SMILES string of the molecule is Cc1cc2c(NCc3ccc(N)cc3)ncnc2s1.